The van der Waals surface area contributed by atoms with Crippen molar-refractivity contribution in [1.82, 2.24) is 4.98 Å². The van der Waals surface area contributed by atoms with Crippen LogP contribution in [-0.2, 0) is 6.61 Å². The van der Waals surface area contributed by atoms with Crippen LogP contribution in [0.2, 0.25) is 10.0 Å². The van der Waals surface area contributed by atoms with E-state index in [1.54, 1.807) is 36.4 Å². The Morgan fingerprint density at radius 1 is 1.16 bits per heavy atom. The molecule has 0 radical (unpaired) electrons. The number of rotatable bonds is 5. The number of nitro benzene ring substituents is 1. The summed E-state index contributed by atoms with van der Waals surface area (Å²) >= 11 is 12.0. The number of pyridine rings is 1. The Morgan fingerprint density at radius 2 is 1.96 bits per heavy atom. The average Bonchev–Trinajstić information content (AvgIpc) is 2.59. The molecule has 0 aliphatic carbocycles. The van der Waals surface area contributed by atoms with Crippen LogP contribution in [0.25, 0.3) is 10.9 Å². The number of nitro groups is 1. The maximum atomic E-state index is 11.3. The first-order chi connectivity index (χ1) is 12.0. The zero-order valence-electron chi connectivity index (χ0n) is 13.0. The van der Waals surface area contributed by atoms with Gasteiger partial charge in [0.1, 0.15) is 12.4 Å². The van der Waals surface area contributed by atoms with E-state index in [1.807, 2.05) is 0 Å². The number of fused-ring (bicyclic) bond motifs is 1. The molecule has 0 amide bonds. The quantitative estimate of drug-likeness (QED) is 0.459. The summed E-state index contributed by atoms with van der Waals surface area (Å²) in [6.07, 6.45) is 0. The lowest BCUT2D eigenvalue weighted by molar-refractivity contribution is -0.383. The highest BCUT2D eigenvalue weighted by Crippen LogP contribution is 2.31. The number of hydrogen-bond acceptors (Lipinski definition) is 5. The smallest absolute Gasteiger partial charge is 0.299 e. The van der Waals surface area contributed by atoms with Crippen LogP contribution in [0, 0.1) is 10.1 Å². The molecule has 0 N–H and O–H groups in total. The zero-order valence-corrected chi connectivity index (χ0v) is 14.5. The van der Waals surface area contributed by atoms with Gasteiger partial charge in [-0.25, -0.2) is 4.98 Å². The molecule has 8 heteroatoms. The number of nitrogens with zero attached hydrogens (tertiary/aromatic N) is 2. The Kier molecular flexibility index (Phi) is 4.92. The van der Waals surface area contributed by atoms with Crippen LogP contribution in [0.3, 0.4) is 0 Å². The van der Waals surface area contributed by atoms with Gasteiger partial charge in [0.2, 0.25) is 5.88 Å². The maximum Gasteiger partial charge on any atom is 0.299 e. The highest BCUT2D eigenvalue weighted by atomic mass is 35.5. The standard InChI is InChI=1S/C17H12Cl2N2O4/c1-24-13-6-10-3-5-16(20-17(10)15(8-13)21(22)23)25-9-11-2-4-12(18)7-14(11)19/h2-8H,9H2,1H3. The van der Waals surface area contributed by atoms with Crippen molar-refractivity contribution in [3.05, 3.63) is 68.2 Å². The lowest BCUT2D eigenvalue weighted by Crippen LogP contribution is -1.99. The molecule has 0 aliphatic rings. The first-order valence-electron chi connectivity index (χ1n) is 7.18. The molecular weight excluding hydrogens is 367 g/mol. The van der Waals surface area contributed by atoms with Crippen molar-refractivity contribution in [3.63, 3.8) is 0 Å². The van der Waals surface area contributed by atoms with Crippen molar-refractivity contribution in [3.8, 4) is 11.6 Å². The number of methoxy groups -OCH3 is 1. The summed E-state index contributed by atoms with van der Waals surface area (Å²) in [4.78, 5) is 15.0. The molecule has 0 fully saturated rings. The third kappa shape index (κ3) is 3.75. The van der Waals surface area contributed by atoms with E-state index in [2.05, 4.69) is 4.98 Å². The second kappa shape index (κ2) is 7.13. The van der Waals surface area contributed by atoms with E-state index >= 15 is 0 Å². The summed E-state index contributed by atoms with van der Waals surface area (Å²) in [6, 6.07) is 11.4. The van der Waals surface area contributed by atoms with Crippen LogP contribution < -0.4 is 9.47 Å². The van der Waals surface area contributed by atoms with Gasteiger partial charge < -0.3 is 9.47 Å². The molecule has 0 bridgehead atoms. The van der Waals surface area contributed by atoms with E-state index < -0.39 is 4.92 Å². The molecule has 25 heavy (non-hydrogen) atoms. The second-order valence-corrected chi connectivity index (χ2v) is 5.99. The van der Waals surface area contributed by atoms with Crippen LogP contribution in [0.5, 0.6) is 11.6 Å². The first kappa shape index (κ1) is 17.3. The molecule has 1 heterocycles. The summed E-state index contributed by atoms with van der Waals surface area (Å²) in [6.45, 7) is 0.165. The van der Waals surface area contributed by atoms with Crippen molar-refractivity contribution >= 4 is 39.8 Å². The molecular formula is C17H12Cl2N2O4. The van der Waals surface area contributed by atoms with Gasteiger partial charge in [0, 0.05) is 27.1 Å². The fourth-order valence-corrected chi connectivity index (χ4v) is 2.76. The predicted molar refractivity (Wildman–Crippen MR) is 95.7 cm³/mol. The highest BCUT2D eigenvalue weighted by molar-refractivity contribution is 6.35. The molecule has 0 atom stereocenters. The minimum absolute atomic E-state index is 0.149. The Hall–Kier alpha value is -2.57. The minimum atomic E-state index is -0.502. The van der Waals surface area contributed by atoms with Gasteiger partial charge in [0.15, 0.2) is 5.52 Å². The molecule has 3 rings (SSSR count). The Balaban J connectivity index is 1.92. The third-order valence-electron chi connectivity index (χ3n) is 3.54. The summed E-state index contributed by atoms with van der Waals surface area (Å²) < 4.78 is 10.7. The van der Waals surface area contributed by atoms with Crippen molar-refractivity contribution in [1.29, 1.82) is 0 Å². The summed E-state index contributed by atoms with van der Waals surface area (Å²) in [5, 5.41) is 12.9. The van der Waals surface area contributed by atoms with E-state index in [1.165, 1.54) is 13.2 Å². The lowest BCUT2D eigenvalue weighted by atomic mass is 10.2. The van der Waals surface area contributed by atoms with E-state index in [0.717, 1.165) is 5.56 Å². The van der Waals surface area contributed by atoms with Crippen LogP contribution in [-0.4, -0.2) is 17.0 Å². The zero-order chi connectivity index (χ0) is 18.0. The lowest BCUT2D eigenvalue weighted by Gasteiger charge is -2.09. The SMILES string of the molecule is COc1cc([N+](=O)[O-])c2nc(OCc3ccc(Cl)cc3Cl)ccc2c1. The topological polar surface area (TPSA) is 74.5 Å². The van der Waals surface area contributed by atoms with Crippen molar-refractivity contribution in [2.24, 2.45) is 0 Å². The van der Waals surface area contributed by atoms with Gasteiger partial charge >= 0.3 is 0 Å². The van der Waals surface area contributed by atoms with Crippen LogP contribution >= 0.6 is 23.2 Å². The molecule has 0 unspecified atom stereocenters. The van der Waals surface area contributed by atoms with Gasteiger partial charge in [-0.05, 0) is 24.3 Å². The van der Waals surface area contributed by atoms with Gasteiger partial charge in [-0.2, -0.15) is 0 Å². The molecule has 3 aromatic rings. The molecule has 128 valence electrons. The largest absolute Gasteiger partial charge is 0.496 e. The van der Waals surface area contributed by atoms with Gasteiger partial charge in [-0.15, -0.1) is 0 Å². The number of benzene rings is 2. The highest BCUT2D eigenvalue weighted by Gasteiger charge is 2.17. The van der Waals surface area contributed by atoms with Crippen molar-refractivity contribution in [2.75, 3.05) is 7.11 Å². The molecule has 0 saturated carbocycles. The van der Waals surface area contributed by atoms with Gasteiger partial charge in [0.05, 0.1) is 18.1 Å². The Labute approximate surface area is 153 Å². The average molecular weight is 379 g/mol. The van der Waals surface area contributed by atoms with Gasteiger partial charge in [-0.1, -0.05) is 29.3 Å². The summed E-state index contributed by atoms with van der Waals surface area (Å²) in [5.41, 5.74) is 0.812. The maximum absolute atomic E-state index is 11.3. The summed E-state index contributed by atoms with van der Waals surface area (Å²) in [5.74, 6) is 0.648. The summed E-state index contributed by atoms with van der Waals surface area (Å²) in [7, 11) is 1.45. The molecule has 0 spiro atoms. The van der Waals surface area contributed by atoms with E-state index in [0.29, 0.717) is 21.2 Å². The monoisotopic (exact) mass is 378 g/mol. The van der Waals surface area contributed by atoms with E-state index in [9.17, 15) is 10.1 Å². The molecule has 1 aromatic heterocycles. The Morgan fingerprint density at radius 3 is 2.64 bits per heavy atom. The Bertz CT molecular complexity index is 963. The van der Waals surface area contributed by atoms with Crippen LogP contribution in [0.4, 0.5) is 5.69 Å². The van der Waals surface area contributed by atoms with E-state index in [4.69, 9.17) is 32.7 Å². The number of non-ortho nitro benzene ring substituents is 1. The molecule has 6 nitrogen and oxygen atoms in total. The predicted octanol–water partition coefficient (Wildman–Crippen LogP) is 5.04. The fourth-order valence-electron chi connectivity index (χ4n) is 2.30. The van der Waals surface area contributed by atoms with Crippen molar-refractivity contribution in [2.45, 2.75) is 6.61 Å². The number of halogens is 2. The molecule has 0 saturated heterocycles. The first-order valence-corrected chi connectivity index (χ1v) is 7.93. The van der Waals surface area contributed by atoms with Crippen LogP contribution in [0.1, 0.15) is 5.56 Å². The van der Waals surface area contributed by atoms with Gasteiger partial charge in [-0.3, -0.25) is 10.1 Å². The molecule has 0 aliphatic heterocycles. The molecule has 2 aromatic carbocycles. The normalized spacial score (nSPS) is 10.7. The van der Waals surface area contributed by atoms with E-state index in [-0.39, 0.29) is 23.7 Å². The van der Waals surface area contributed by atoms with Crippen molar-refractivity contribution < 1.29 is 14.4 Å². The van der Waals surface area contributed by atoms with Gasteiger partial charge in [0.25, 0.3) is 5.69 Å². The third-order valence-corrected chi connectivity index (χ3v) is 4.13. The number of hydrogen-bond donors (Lipinski definition) is 0. The number of ether oxygens (including phenoxy) is 2. The minimum Gasteiger partial charge on any atom is -0.496 e. The fraction of sp³-hybridized carbons (Fsp3) is 0.118. The van der Waals surface area contributed by atoms with Crippen LogP contribution in [0.15, 0.2) is 42.5 Å². The number of aromatic nitrogens is 1. The second-order valence-electron chi connectivity index (χ2n) is 5.15.